The second-order valence-corrected chi connectivity index (χ2v) is 6.71. The molecule has 1 aromatic heterocycles. The molecule has 0 spiro atoms. The number of benzene rings is 1. The van der Waals surface area contributed by atoms with Crippen LogP contribution in [-0.4, -0.2) is 40.0 Å². The highest BCUT2D eigenvalue weighted by molar-refractivity contribution is 5.92. The van der Waals surface area contributed by atoms with Crippen LogP contribution in [0.2, 0.25) is 0 Å². The summed E-state index contributed by atoms with van der Waals surface area (Å²) >= 11 is 0. The Morgan fingerprint density at radius 3 is 2.73 bits per heavy atom. The first-order valence-electron chi connectivity index (χ1n) is 8.83. The number of H-pyrrole nitrogens is 1. The third-order valence-corrected chi connectivity index (χ3v) is 5.08. The zero-order chi connectivity index (χ0) is 18.7. The molecule has 0 saturated carbocycles. The van der Waals surface area contributed by atoms with Gasteiger partial charge in [0.15, 0.2) is 5.82 Å². The average Bonchev–Trinajstić information content (AvgIpc) is 3.11. The van der Waals surface area contributed by atoms with E-state index in [0.29, 0.717) is 31.7 Å². The van der Waals surface area contributed by atoms with Crippen LogP contribution >= 0.6 is 0 Å². The Hall–Kier alpha value is -2.89. The van der Waals surface area contributed by atoms with Crippen molar-refractivity contribution >= 4 is 17.6 Å². The number of nitrogens with zero attached hydrogens (tertiary/aromatic N) is 2. The lowest BCUT2D eigenvalue weighted by Gasteiger charge is -2.30. The molecule has 2 aromatic rings. The Bertz CT molecular complexity index is 832. The van der Waals surface area contributed by atoms with Gasteiger partial charge in [-0.2, -0.15) is 5.10 Å². The number of aromatic amines is 1. The van der Waals surface area contributed by atoms with Crippen LogP contribution in [0.3, 0.4) is 0 Å². The van der Waals surface area contributed by atoms with Gasteiger partial charge < -0.3 is 10.2 Å². The number of carbonyl (C=O) groups is 2. The van der Waals surface area contributed by atoms with E-state index in [1.807, 2.05) is 18.2 Å². The van der Waals surface area contributed by atoms with E-state index in [9.17, 15) is 9.59 Å². The van der Waals surface area contributed by atoms with Gasteiger partial charge in [-0.15, -0.1) is 0 Å². The van der Waals surface area contributed by atoms with E-state index in [1.54, 1.807) is 4.90 Å². The van der Waals surface area contributed by atoms with Gasteiger partial charge in [0.05, 0.1) is 5.69 Å². The molecular formula is C20H24N4O2. The summed E-state index contributed by atoms with van der Waals surface area (Å²) < 4.78 is 0. The van der Waals surface area contributed by atoms with Crippen LogP contribution in [0.25, 0.3) is 11.3 Å². The molecule has 2 heterocycles. The number of aryl methyl sites for hydroxylation is 1. The predicted octanol–water partition coefficient (Wildman–Crippen LogP) is 3.06. The number of aromatic nitrogens is 2. The van der Waals surface area contributed by atoms with Gasteiger partial charge >= 0.3 is 0 Å². The number of hydrogen-bond donors (Lipinski definition) is 2. The fourth-order valence-corrected chi connectivity index (χ4v) is 3.29. The lowest BCUT2D eigenvalue weighted by Crippen LogP contribution is -2.40. The van der Waals surface area contributed by atoms with Crippen LogP contribution in [0.4, 0.5) is 5.82 Å². The number of rotatable bonds is 4. The van der Waals surface area contributed by atoms with E-state index < -0.39 is 0 Å². The Morgan fingerprint density at radius 1 is 1.31 bits per heavy atom. The molecule has 136 valence electrons. The van der Waals surface area contributed by atoms with Crippen molar-refractivity contribution in [2.75, 3.05) is 18.4 Å². The highest BCUT2D eigenvalue weighted by Gasteiger charge is 2.26. The van der Waals surface area contributed by atoms with Crippen LogP contribution in [0.5, 0.6) is 0 Å². The number of nitrogens with one attached hydrogen (secondary N) is 2. The molecule has 0 atom stereocenters. The van der Waals surface area contributed by atoms with Gasteiger partial charge in [0.2, 0.25) is 11.8 Å². The van der Waals surface area contributed by atoms with Crippen LogP contribution < -0.4 is 5.32 Å². The molecule has 2 N–H and O–H groups in total. The number of anilines is 1. The first-order chi connectivity index (χ1) is 12.5. The molecule has 1 aliphatic rings. The lowest BCUT2D eigenvalue weighted by atomic mass is 9.96. The van der Waals surface area contributed by atoms with Crippen molar-refractivity contribution in [3.05, 3.63) is 48.0 Å². The number of hydrogen-bond acceptors (Lipinski definition) is 3. The fraction of sp³-hybridized carbons (Fsp3) is 0.350. The van der Waals surface area contributed by atoms with Crippen molar-refractivity contribution in [3.63, 3.8) is 0 Å². The van der Waals surface area contributed by atoms with Crippen molar-refractivity contribution in [1.82, 2.24) is 15.1 Å². The molecule has 0 aliphatic carbocycles. The first-order valence-corrected chi connectivity index (χ1v) is 8.83. The SMILES string of the molecule is C=CC(=O)N1CCC(C(=O)Nc2cc(-c3cccc(C)c3C)[nH]n2)CC1. The highest BCUT2D eigenvalue weighted by atomic mass is 16.2. The van der Waals surface area contributed by atoms with Crippen molar-refractivity contribution in [2.24, 2.45) is 5.92 Å². The topological polar surface area (TPSA) is 78.1 Å². The molecule has 6 heteroatoms. The molecule has 3 rings (SSSR count). The summed E-state index contributed by atoms with van der Waals surface area (Å²) in [5, 5.41) is 10.1. The lowest BCUT2D eigenvalue weighted by molar-refractivity contribution is -0.130. The summed E-state index contributed by atoms with van der Waals surface area (Å²) in [7, 11) is 0. The van der Waals surface area contributed by atoms with Gasteiger partial charge in [-0.25, -0.2) is 0 Å². The molecule has 0 unspecified atom stereocenters. The van der Waals surface area contributed by atoms with Crippen LogP contribution in [0.15, 0.2) is 36.9 Å². The van der Waals surface area contributed by atoms with E-state index in [1.165, 1.54) is 17.2 Å². The third kappa shape index (κ3) is 3.69. The van der Waals surface area contributed by atoms with Gasteiger partial charge in [-0.05, 0) is 43.9 Å². The van der Waals surface area contributed by atoms with E-state index >= 15 is 0 Å². The molecule has 1 saturated heterocycles. The van der Waals surface area contributed by atoms with Gasteiger partial charge in [0, 0.05) is 30.6 Å². The Balaban J connectivity index is 1.63. The molecule has 0 radical (unpaired) electrons. The van der Waals surface area contributed by atoms with E-state index in [4.69, 9.17) is 0 Å². The van der Waals surface area contributed by atoms with Crippen LogP contribution in [-0.2, 0) is 9.59 Å². The summed E-state index contributed by atoms with van der Waals surface area (Å²) in [5.41, 5.74) is 4.36. The standard InChI is InChI=1S/C20H24N4O2/c1-4-19(25)24-10-8-15(9-11-24)20(26)21-18-12-17(22-23-18)16-7-5-6-13(2)14(16)3/h4-7,12,15H,1,8-11H2,2-3H3,(H2,21,22,23,26). The number of amides is 2. The van der Waals surface area contributed by atoms with Crippen molar-refractivity contribution in [3.8, 4) is 11.3 Å². The van der Waals surface area contributed by atoms with Gasteiger partial charge in [-0.1, -0.05) is 24.8 Å². The molecule has 2 amide bonds. The Morgan fingerprint density at radius 2 is 2.04 bits per heavy atom. The van der Waals surface area contributed by atoms with Crippen LogP contribution in [0.1, 0.15) is 24.0 Å². The molecule has 1 aliphatic heterocycles. The predicted molar refractivity (Wildman–Crippen MR) is 102 cm³/mol. The number of carbonyl (C=O) groups excluding carboxylic acids is 2. The maximum Gasteiger partial charge on any atom is 0.245 e. The van der Waals surface area contributed by atoms with Gasteiger partial charge in [-0.3, -0.25) is 14.7 Å². The summed E-state index contributed by atoms with van der Waals surface area (Å²) in [6.07, 6.45) is 2.62. The summed E-state index contributed by atoms with van der Waals surface area (Å²) in [6, 6.07) is 7.97. The van der Waals surface area contributed by atoms with Gasteiger partial charge in [0.1, 0.15) is 0 Å². The van der Waals surface area contributed by atoms with E-state index in [0.717, 1.165) is 11.3 Å². The van der Waals surface area contributed by atoms with E-state index in [2.05, 4.69) is 42.0 Å². The smallest absolute Gasteiger partial charge is 0.245 e. The molecule has 0 bridgehead atoms. The summed E-state index contributed by atoms with van der Waals surface area (Å²) in [4.78, 5) is 25.8. The summed E-state index contributed by atoms with van der Waals surface area (Å²) in [5.74, 6) is 0.296. The highest BCUT2D eigenvalue weighted by Crippen LogP contribution is 2.26. The van der Waals surface area contributed by atoms with E-state index in [-0.39, 0.29) is 17.7 Å². The van der Waals surface area contributed by atoms with Gasteiger partial charge in [0.25, 0.3) is 0 Å². The maximum absolute atomic E-state index is 12.5. The van der Waals surface area contributed by atoms with Crippen LogP contribution in [0, 0.1) is 19.8 Å². The largest absolute Gasteiger partial charge is 0.339 e. The minimum Gasteiger partial charge on any atom is -0.339 e. The normalized spacial score (nSPS) is 14.9. The Labute approximate surface area is 153 Å². The van der Waals surface area contributed by atoms with Crippen molar-refractivity contribution in [2.45, 2.75) is 26.7 Å². The molecule has 1 aromatic carbocycles. The zero-order valence-electron chi connectivity index (χ0n) is 15.2. The molecular weight excluding hydrogens is 328 g/mol. The number of piperidine rings is 1. The minimum absolute atomic E-state index is 0.0466. The zero-order valence-corrected chi connectivity index (χ0v) is 15.2. The summed E-state index contributed by atoms with van der Waals surface area (Å²) in [6.45, 7) is 8.81. The molecule has 1 fully saturated rings. The second kappa shape index (κ2) is 7.56. The number of likely N-dealkylation sites (tertiary alicyclic amines) is 1. The minimum atomic E-state index is -0.107. The average molecular weight is 352 g/mol. The maximum atomic E-state index is 12.5. The van der Waals surface area contributed by atoms with Crippen molar-refractivity contribution < 1.29 is 9.59 Å². The molecule has 26 heavy (non-hydrogen) atoms. The monoisotopic (exact) mass is 352 g/mol. The first kappa shape index (κ1) is 17.9. The second-order valence-electron chi connectivity index (χ2n) is 6.71. The molecule has 6 nitrogen and oxygen atoms in total. The fourth-order valence-electron chi connectivity index (χ4n) is 3.29. The quantitative estimate of drug-likeness (QED) is 0.830. The Kier molecular flexibility index (Phi) is 5.21. The third-order valence-electron chi connectivity index (χ3n) is 5.08. The van der Waals surface area contributed by atoms with Crippen molar-refractivity contribution in [1.29, 1.82) is 0 Å².